The van der Waals surface area contributed by atoms with Crippen LogP contribution in [0, 0.1) is 5.82 Å². The number of nitrogens with zero attached hydrogens (tertiary/aromatic N) is 1. The molecule has 2 N–H and O–H groups in total. The Labute approximate surface area is 115 Å². The van der Waals surface area contributed by atoms with Crippen LogP contribution in [0.1, 0.15) is 12.8 Å². The summed E-state index contributed by atoms with van der Waals surface area (Å²) in [5, 5.41) is 0. The van der Waals surface area contributed by atoms with Gasteiger partial charge in [-0.3, -0.25) is 9.00 Å². The number of benzene rings is 1. The molecule has 0 spiro atoms. The highest BCUT2D eigenvalue weighted by molar-refractivity contribution is 7.85. The van der Waals surface area contributed by atoms with Crippen molar-refractivity contribution >= 4 is 16.7 Å². The number of nitrogens with two attached hydrogens (primary N) is 1. The Kier molecular flexibility index (Phi) is 6.66. The van der Waals surface area contributed by atoms with E-state index < -0.39 is 10.8 Å². The molecule has 19 heavy (non-hydrogen) atoms. The molecule has 0 saturated carbocycles. The first-order valence-electron chi connectivity index (χ1n) is 6.12. The molecule has 1 aromatic carbocycles. The van der Waals surface area contributed by atoms with Gasteiger partial charge in [-0.2, -0.15) is 0 Å². The van der Waals surface area contributed by atoms with Crippen LogP contribution in [0.25, 0.3) is 0 Å². The summed E-state index contributed by atoms with van der Waals surface area (Å²) in [5.41, 5.74) is 5.37. The number of carbonyl (C=O) groups excluding carboxylic acids is 1. The fraction of sp³-hybridized carbons (Fsp3) is 0.462. The summed E-state index contributed by atoms with van der Waals surface area (Å²) in [5.74, 6) is -0.167. The normalized spacial score (nSPS) is 12.2. The van der Waals surface area contributed by atoms with Gasteiger partial charge in [-0.25, -0.2) is 4.39 Å². The van der Waals surface area contributed by atoms with Gasteiger partial charge in [-0.1, -0.05) is 0 Å². The quantitative estimate of drug-likeness (QED) is 0.817. The van der Waals surface area contributed by atoms with Crippen LogP contribution >= 0.6 is 0 Å². The summed E-state index contributed by atoms with van der Waals surface area (Å²) in [4.78, 5) is 13.9. The highest BCUT2D eigenvalue weighted by atomic mass is 32.2. The molecule has 0 saturated heterocycles. The maximum absolute atomic E-state index is 12.7. The van der Waals surface area contributed by atoms with Gasteiger partial charge in [0.15, 0.2) is 0 Å². The zero-order chi connectivity index (χ0) is 14.3. The van der Waals surface area contributed by atoms with E-state index in [2.05, 4.69) is 0 Å². The topological polar surface area (TPSA) is 63.4 Å². The lowest BCUT2D eigenvalue weighted by molar-refractivity contribution is -0.129. The molecule has 1 unspecified atom stereocenters. The van der Waals surface area contributed by atoms with Crippen molar-refractivity contribution < 1.29 is 13.4 Å². The number of amides is 1. The van der Waals surface area contributed by atoms with Crippen molar-refractivity contribution in [3.05, 3.63) is 30.1 Å². The standard InChI is InChI=1S/C13H19FN2O2S/c1-16(9-2-8-15)13(17)7-10-19(18)12-5-3-11(14)4-6-12/h3-6H,2,7-10,15H2,1H3. The molecule has 0 aliphatic rings. The molecule has 0 fully saturated rings. The fourth-order valence-electron chi connectivity index (χ4n) is 1.53. The van der Waals surface area contributed by atoms with Crippen molar-refractivity contribution in [1.82, 2.24) is 4.90 Å². The molecule has 106 valence electrons. The zero-order valence-electron chi connectivity index (χ0n) is 11.0. The number of rotatable bonds is 7. The molecule has 0 aromatic heterocycles. The second-order valence-corrected chi connectivity index (χ2v) is 5.78. The lowest BCUT2D eigenvalue weighted by Crippen LogP contribution is -2.29. The molecule has 1 rings (SSSR count). The van der Waals surface area contributed by atoms with Crippen LogP contribution in [-0.2, 0) is 15.6 Å². The average molecular weight is 286 g/mol. The number of hydrogen-bond donors (Lipinski definition) is 1. The predicted octanol–water partition coefficient (Wildman–Crippen LogP) is 1.13. The minimum Gasteiger partial charge on any atom is -0.346 e. The van der Waals surface area contributed by atoms with Crippen LogP contribution in [0.15, 0.2) is 29.2 Å². The first-order valence-corrected chi connectivity index (χ1v) is 7.44. The third-order valence-electron chi connectivity index (χ3n) is 2.70. The van der Waals surface area contributed by atoms with Gasteiger partial charge in [0.2, 0.25) is 5.91 Å². The molecule has 1 aromatic rings. The third-order valence-corrected chi connectivity index (χ3v) is 4.07. The molecule has 0 heterocycles. The number of halogens is 1. The Morgan fingerprint density at radius 1 is 1.37 bits per heavy atom. The van der Waals surface area contributed by atoms with Crippen molar-refractivity contribution in [3.8, 4) is 0 Å². The Hall–Kier alpha value is -1.27. The monoisotopic (exact) mass is 286 g/mol. The first-order chi connectivity index (χ1) is 9.04. The van der Waals surface area contributed by atoms with E-state index in [1.54, 1.807) is 11.9 Å². The van der Waals surface area contributed by atoms with Crippen LogP contribution in [0.4, 0.5) is 4.39 Å². The summed E-state index contributed by atoms with van der Waals surface area (Å²) in [6, 6.07) is 5.49. The van der Waals surface area contributed by atoms with Crippen molar-refractivity contribution in [2.45, 2.75) is 17.7 Å². The fourth-order valence-corrected chi connectivity index (χ4v) is 2.56. The van der Waals surface area contributed by atoms with Gasteiger partial charge in [0.1, 0.15) is 5.82 Å². The van der Waals surface area contributed by atoms with E-state index in [1.807, 2.05) is 0 Å². The molecule has 1 amide bonds. The summed E-state index contributed by atoms with van der Waals surface area (Å²) >= 11 is 0. The van der Waals surface area contributed by atoms with Gasteiger partial charge in [0.25, 0.3) is 0 Å². The van der Waals surface area contributed by atoms with E-state index >= 15 is 0 Å². The maximum atomic E-state index is 12.7. The van der Waals surface area contributed by atoms with E-state index in [9.17, 15) is 13.4 Å². The first kappa shape index (κ1) is 15.8. The number of carbonyl (C=O) groups is 1. The lowest BCUT2D eigenvalue weighted by atomic mass is 10.3. The van der Waals surface area contributed by atoms with Crippen molar-refractivity contribution in [1.29, 1.82) is 0 Å². The summed E-state index contributed by atoms with van der Waals surface area (Å²) in [6.07, 6.45) is 0.967. The Balaban J connectivity index is 2.41. The smallest absolute Gasteiger partial charge is 0.223 e. The zero-order valence-corrected chi connectivity index (χ0v) is 11.8. The average Bonchev–Trinajstić information content (AvgIpc) is 2.42. The van der Waals surface area contributed by atoms with E-state index in [0.29, 0.717) is 18.0 Å². The second kappa shape index (κ2) is 8.01. The van der Waals surface area contributed by atoms with E-state index in [4.69, 9.17) is 5.73 Å². The largest absolute Gasteiger partial charge is 0.346 e. The number of hydrogen-bond acceptors (Lipinski definition) is 3. The van der Waals surface area contributed by atoms with Crippen LogP contribution in [0.3, 0.4) is 0 Å². The van der Waals surface area contributed by atoms with Gasteiger partial charge in [-0.15, -0.1) is 0 Å². The summed E-state index contributed by atoms with van der Waals surface area (Å²) in [7, 11) is 0.434. The van der Waals surface area contributed by atoms with Crippen molar-refractivity contribution in [3.63, 3.8) is 0 Å². The lowest BCUT2D eigenvalue weighted by Gasteiger charge is -2.16. The molecule has 6 heteroatoms. The predicted molar refractivity (Wildman–Crippen MR) is 73.6 cm³/mol. The summed E-state index contributed by atoms with van der Waals surface area (Å²) < 4.78 is 24.6. The third kappa shape index (κ3) is 5.48. The van der Waals surface area contributed by atoms with Crippen molar-refractivity contribution in [2.75, 3.05) is 25.9 Å². The minimum absolute atomic E-state index is 0.0519. The van der Waals surface area contributed by atoms with E-state index in [-0.39, 0.29) is 23.9 Å². The van der Waals surface area contributed by atoms with Gasteiger partial charge >= 0.3 is 0 Å². The molecule has 4 nitrogen and oxygen atoms in total. The molecule has 1 atom stereocenters. The van der Waals surface area contributed by atoms with E-state index in [0.717, 1.165) is 6.42 Å². The van der Waals surface area contributed by atoms with Gasteiger partial charge in [-0.05, 0) is 37.2 Å². The molecule has 0 bridgehead atoms. The van der Waals surface area contributed by atoms with Gasteiger partial charge in [0, 0.05) is 30.7 Å². The van der Waals surface area contributed by atoms with Gasteiger partial charge in [0.05, 0.1) is 10.8 Å². The minimum atomic E-state index is -1.27. The molecular formula is C13H19FN2O2S. The van der Waals surface area contributed by atoms with E-state index in [1.165, 1.54) is 24.3 Å². The van der Waals surface area contributed by atoms with Crippen LogP contribution < -0.4 is 5.73 Å². The van der Waals surface area contributed by atoms with Crippen LogP contribution in [0.5, 0.6) is 0 Å². The van der Waals surface area contributed by atoms with Gasteiger partial charge < -0.3 is 10.6 Å². The maximum Gasteiger partial charge on any atom is 0.223 e. The molecule has 0 aliphatic carbocycles. The SMILES string of the molecule is CN(CCCN)C(=O)CCS(=O)c1ccc(F)cc1. The van der Waals surface area contributed by atoms with Crippen LogP contribution in [0.2, 0.25) is 0 Å². The molecular weight excluding hydrogens is 267 g/mol. The van der Waals surface area contributed by atoms with Crippen LogP contribution in [-0.4, -0.2) is 40.9 Å². The van der Waals surface area contributed by atoms with Crippen molar-refractivity contribution in [2.24, 2.45) is 5.73 Å². The Morgan fingerprint density at radius 3 is 2.58 bits per heavy atom. The highest BCUT2D eigenvalue weighted by Crippen LogP contribution is 2.09. The highest BCUT2D eigenvalue weighted by Gasteiger charge is 2.11. The Morgan fingerprint density at radius 2 is 2.00 bits per heavy atom. The molecule has 0 radical (unpaired) electrons. The second-order valence-electron chi connectivity index (χ2n) is 4.21. The Bertz CT molecular complexity index is 437. The summed E-state index contributed by atoms with van der Waals surface area (Å²) in [6.45, 7) is 1.15. The molecule has 0 aliphatic heterocycles.